The number of nitrogens with one attached hydrogen (secondary N) is 2. The lowest BCUT2D eigenvalue weighted by Crippen LogP contribution is -2.31. The summed E-state index contributed by atoms with van der Waals surface area (Å²) in [6.45, 7) is 0.593. The van der Waals surface area contributed by atoms with Gasteiger partial charge >= 0.3 is 12.0 Å². The number of thiazole rings is 1. The largest absolute Gasteiger partial charge is 0.476 e. The van der Waals surface area contributed by atoms with E-state index in [1.807, 2.05) is 0 Å². The molecule has 0 aromatic carbocycles. The molecule has 0 fully saturated rings. The van der Waals surface area contributed by atoms with Gasteiger partial charge in [-0.2, -0.15) is 0 Å². The summed E-state index contributed by atoms with van der Waals surface area (Å²) in [5.41, 5.74) is -0.137. The molecule has 9 nitrogen and oxygen atoms in total. The second kappa shape index (κ2) is 6.43. The van der Waals surface area contributed by atoms with Crippen LogP contribution < -0.4 is 10.6 Å². The minimum atomic E-state index is -1.14. The Morgan fingerprint density at radius 2 is 2.30 bits per heavy atom. The SMILES string of the molecule is O=C(NCCn1cc(C(=O)O)nn1)Nc1ncc(Br)s1. The Bertz CT molecular complexity index is 627. The van der Waals surface area contributed by atoms with Crippen LogP contribution in [0.4, 0.5) is 9.93 Å². The molecule has 0 atom stereocenters. The van der Waals surface area contributed by atoms with Crippen molar-refractivity contribution in [2.75, 3.05) is 11.9 Å². The van der Waals surface area contributed by atoms with E-state index in [1.165, 1.54) is 22.2 Å². The maximum absolute atomic E-state index is 11.5. The summed E-state index contributed by atoms with van der Waals surface area (Å²) in [4.78, 5) is 26.1. The molecule has 0 unspecified atom stereocenters. The van der Waals surface area contributed by atoms with Gasteiger partial charge in [-0.05, 0) is 15.9 Å². The van der Waals surface area contributed by atoms with E-state index in [4.69, 9.17) is 5.11 Å². The molecule has 0 aliphatic heterocycles. The van der Waals surface area contributed by atoms with Gasteiger partial charge < -0.3 is 10.4 Å². The zero-order valence-corrected chi connectivity index (χ0v) is 12.3. The minimum Gasteiger partial charge on any atom is -0.476 e. The number of carbonyl (C=O) groups excluding carboxylic acids is 1. The number of halogens is 1. The highest BCUT2D eigenvalue weighted by Crippen LogP contribution is 2.22. The minimum absolute atomic E-state index is 0.137. The van der Waals surface area contributed by atoms with Crippen LogP contribution in [0, 0.1) is 0 Å². The summed E-state index contributed by atoms with van der Waals surface area (Å²) in [7, 11) is 0. The quantitative estimate of drug-likeness (QED) is 0.731. The van der Waals surface area contributed by atoms with Crippen LogP contribution in [0.15, 0.2) is 16.2 Å². The number of carbonyl (C=O) groups is 2. The molecular formula is C9H9BrN6O3S. The van der Waals surface area contributed by atoms with Crippen molar-refractivity contribution in [2.24, 2.45) is 0 Å². The highest BCUT2D eigenvalue weighted by molar-refractivity contribution is 9.11. The molecule has 0 saturated heterocycles. The standard InChI is InChI=1S/C9H9BrN6O3S/c10-6-3-12-9(20-6)13-8(19)11-1-2-16-4-5(7(17)18)14-15-16/h3-4H,1-2H2,(H,17,18)(H2,11,12,13,19). The van der Waals surface area contributed by atoms with Crippen molar-refractivity contribution in [3.8, 4) is 0 Å². The molecule has 0 spiro atoms. The van der Waals surface area contributed by atoms with Gasteiger partial charge in [-0.25, -0.2) is 19.3 Å². The van der Waals surface area contributed by atoms with Gasteiger partial charge in [0.15, 0.2) is 10.8 Å². The van der Waals surface area contributed by atoms with E-state index < -0.39 is 12.0 Å². The Hall–Kier alpha value is -2.01. The van der Waals surface area contributed by atoms with Gasteiger partial charge in [0, 0.05) is 6.54 Å². The third-order valence-electron chi connectivity index (χ3n) is 2.08. The molecule has 11 heteroatoms. The van der Waals surface area contributed by atoms with E-state index in [1.54, 1.807) is 6.20 Å². The van der Waals surface area contributed by atoms with Crippen molar-refractivity contribution < 1.29 is 14.7 Å². The fraction of sp³-hybridized carbons (Fsp3) is 0.222. The van der Waals surface area contributed by atoms with Gasteiger partial charge in [-0.1, -0.05) is 16.6 Å². The van der Waals surface area contributed by atoms with Crippen LogP contribution in [0.3, 0.4) is 0 Å². The number of nitrogens with zero attached hydrogens (tertiary/aromatic N) is 4. The van der Waals surface area contributed by atoms with Crippen molar-refractivity contribution >= 4 is 44.4 Å². The van der Waals surface area contributed by atoms with Crippen LogP contribution in [0.2, 0.25) is 0 Å². The predicted molar refractivity (Wildman–Crippen MR) is 73.8 cm³/mol. The zero-order chi connectivity index (χ0) is 14.5. The van der Waals surface area contributed by atoms with Crippen LogP contribution in [-0.2, 0) is 6.54 Å². The lowest BCUT2D eigenvalue weighted by molar-refractivity contribution is 0.0690. The molecule has 2 aromatic heterocycles. The summed E-state index contributed by atoms with van der Waals surface area (Å²) in [6, 6.07) is -0.398. The Morgan fingerprint density at radius 3 is 2.90 bits per heavy atom. The molecule has 2 aromatic rings. The molecule has 2 rings (SSSR count). The normalized spacial score (nSPS) is 10.2. The topological polar surface area (TPSA) is 122 Å². The Labute approximate surface area is 125 Å². The maximum Gasteiger partial charge on any atom is 0.358 e. The van der Waals surface area contributed by atoms with Crippen LogP contribution in [0.25, 0.3) is 0 Å². The summed E-state index contributed by atoms with van der Waals surface area (Å²) < 4.78 is 2.15. The third kappa shape index (κ3) is 3.99. The summed E-state index contributed by atoms with van der Waals surface area (Å²) in [6.07, 6.45) is 2.88. The van der Waals surface area contributed by atoms with E-state index in [9.17, 15) is 9.59 Å². The molecule has 0 saturated carbocycles. The summed E-state index contributed by atoms with van der Waals surface area (Å²) in [5.74, 6) is -1.14. The predicted octanol–water partition coefficient (Wildman–Crippen LogP) is 1.02. The highest BCUT2D eigenvalue weighted by Gasteiger charge is 2.08. The number of hydrogen-bond acceptors (Lipinski definition) is 6. The van der Waals surface area contributed by atoms with E-state index in [-0.39, 0.29) is 12.2 Å². The number of aromatic nitrogens is 4. The first-order valence-corrected chi connectivity index (χ1v) is 6.95. The van der Waals surface area contributed by atoms with Crippen LogP contribution in [0.1, 0.15) is 10.5 Å². The molecule has 2 amide bonds. The van der Waals surface area contributed by atoms with E-state index >= 15 is 0 Å². The van der Waals surface area contributed by atoms with Gasteiger partial charge in [0.1, 0.15) is 0 Å². The molecule has 2 heterocycles. The third-order valence-corrected chi connectivity index (χ3v) is 3.47. The fourth-order valence-electron chi connectivity index (χ4n) is 1.24. The van der Waals surface area contributed by atoms with E-state index in [2.05, 4.69) is 41.9 Å². The molecule has 106 valence electrons. The zero-order valence-electron chi connectivity index (χ0n) is 9.91. The van der Waals surface area contributed by atoms with Crippen molar-refractivity contribution in [3.63, 3.8) is 0 Å². The second-order valence-electron chi connectivity index (χ2n) is 3.52. The van der Waals surface area contributed by atoms with Gasteiger partial charge in [-0.3, -0.25) is 5.32 Å². The number of anilines is 1. The Morgan fingerprint density at radius 1 is 1.50 bits per heavy atom. The summed E-state index contributed by atoms with van der Waals surface area (Å²) in [5, 5.41) is 21.4. The fourth-order valence-corrected chi connectivity index (χ4v) is 2.34. The number of aromatic carboxylic acids is 1. The monoisotopic (exact) mass is 360 g/mol. The number of hydrogen-bond donors (Lipinski definition) is 3. The summed E-state index contributed by atoms with van der Waals surface area (Å²) >= 11 is 4.53. The molecule has 0 aliphatic rings. The van der Waals surface area contributed by atoms with E-state index in [0.717, 1.165) is 3.79 Å². The second-order valence-corrected chi connectivity index (χ2v) is 5.93. The van der Waals surface area contributed by atoms with Gasteiger partial charge in [0.25, 0.3) is 0 Å². The maximum atomic E-state index is 11.5. The van der Waals surface area contributed by atoms with Crippen LogP contribution in [-0.4, -0.2) is 43.6 Å². The molecular weight excluding hydrogens is 352 g/mol. The molecule has 0 radical (unpaired) electrons. The molecule has 0 aliphatic carbocycles. The van der Waals surface area contributed by atoms with E-state index in [0.29, 0.717) is 11.7 Å². The van der Waals surface area contributed by atoms with Gasteiger partial charge in [-0.15, -0.1) is 5.10 Å². The lowest BCUT2D eigenvalue weighted by Gasteiger charge is -2.04. The lowest BCUT2D eigenvalue weighted by atomic mass is 10.5. The van der Waals surface area contributed by atoms with Crippen molar-refractivity contribution in [3.05, 3.63) is 21.9 Å². The average Bonchev–Trinajstić information content (AvgIpc) is 2.99. The van der Waals surface area contributed by atoms with Gasteiger partial charge in [0.2, 0.25) is 0 Å². The van der Waals surface area contributed by atoms with Crippen molar-refractivity contribution in [2.45, 2.75) is 6.54 Å². The number of amides is 2. The number of carboxylic acid groups (broad SMARTS) is 1. The first-order valence-electron chi connectivity index (χ1n) is 5.34. The van der Waals surface area contributed by atoms with Crippen molar-refractivity contribution in [1.29, 1.82) is 0 Å². The number of rotatable bonds is 5. The van der Waals surface area contributed by atoms with Gasteiger partial charge in [0.05, 0.1) is 22.7 Å². The van der Waals surface area contributed by atoms with Crippen LogP contribution >= 0.6 is 27.3 Å². The molecule has 20 heavy (non-hydrogen) atoms. The smallest absolute Gasteiger partial charge is 0.358 e. The Kier molecular flexibility index (Phi) is 4.63. The highest BCUT2D eigenvalue weighted by atomic mass is 79.9. The van der Waals surface area contributed by atoms with Crippen LogP contribution in [0.5, 0.6) is 0 Å². The molecule has 0 bridgehead atoms. The Balaban J connectivity index is 1.74. The van der Waals surface area contributed by atoms with Crippen molar-refractivity contribution in [1.82, 2.24) is 25.3 Å². The first-order chi connectivity index (χ1) is 9.54. The molecule has 3 N–H and O–H groups in total. The average molecular weight is 361 g/mol. The first kappa shape index (κ1) is 14.4. The number of urea groups is 1. The number of carboxylic acids is 1.